The van der Waals surface area contributed by atoms with E-state index in [0.29, 0.717) is 12.3 Å². The van der Waals surface area contributed by atoms with Crippen LogP contribution in [0.5, 0.6) is 0 Å². The molecule has 1 saturated heterocycles. The van der Waals surface area contributed by atoms with E-state index in [4.69, 9.17) is 0 Å². The number of hydrogen-bond donors (Lipinski definition) is 1. The van der Waals surface area contributed by atoms with Crippen LogP contribution in [-0.2, 0) is 4.79 Å². The van der Waals surface area contributed by atoms with Gasteiger partial charge in [-0.05, 0) is 43.5 Å². The Morgan fingerprint density at radius 1 is 1.58 bits per heavy atom. The van der Waals surface area contributed by atoms with E-state index in [9.17, 15) is 9.90 Å². The van der Waals surface area contributed by atoms with Crippen LogP contribution < -0.4 is 0 Å². The molecule has 1 aliphatic rings. The lowest BCUT2D eigenvalue weighted by molar-refractivity contribution is -0.131. The number of rotatable bonds is 3. The van der Waals surface area contributed by atoms with Crippen LogP contribution in [0.3, 0.4) is 0 Å². The van der Waals surface area contributed by atoms with E-state index in [1.807, 2.05) is 19.1 Å². The number of carbonyl (C=O) groups excluding carboxylic acids is 1. The van der Waals surface area contributed by atoms with Gasteiger partial charge in [-0.15, -0.1) is 11.8 Å². The summed E-state index contributed by atoms with van der Waals surface area (Å²) in [6, 6.07) is 6.07. The van der Waals surface area contributed by atoms with Crippen molar-refractivity contribution in [1.82, 2.24) is 4.90 Å². The lowest BCUT2D eigenvalue weighted by Crippen LogP contribution is -2.42. The SMILES string of the molecule is Cc1cc(Br)ccc1SCC(=O)N1CCC[C@H](O)C1. The molecule has 19 heavy (non-hydrogen) atoms. The van der Waals surface area contributed by atoms with Crippen LogP contribution in [0.15, 0.2) is 27.6 Å². The molecule has 104 valence electrons. The van der Waals surface area contributed by atoms with Gasteiger partial charge in [0.1, 0.15) is 0 Å². The number of amides is 1. The van der Waals surface area contributed by atoms with Crippen molar-refractivity contribution in [2.75, 3.05) is 18.8 Å². The normalized spacial score (nSPS) is 19.5. The van der Waals surface area contributed by atoms with Crippen LogP contribution in [0.25, 0.3) is 0 Å². The highest BCUT2D eigenvalue weighted by atomic mass is 79.9. The Morgan fingerprint density at radius 2 is 2.37 bits per heavy atom. The summed E-state index contributed by atoms with van der Waals surface area (Å²) in [6.45, 7) is 3.30. The second-order valence-corrected chi connectivity index (χ2v) is 6.77. The van der Waals surface area contributed by atoms with Crippen molar-refractivity contribution in [3.05, 3.63) is 28.2 Å². The molecule has 1 atom stereocenters. The maximum atomic E-state index is 12.1. The molecule has 3 nitrogen and oxygen atoms in total. The highest BCUT2D eigenvalue weighted by Gasteiger charge is 2.21. The fraction of sp³-hybridized carbons (Fsp3) is 0.500. The van der Waals surface area contributed by atoms with Gasteiger partial charge in [-0.2, -0.15) is 0 Å². The van der Waals surface area contributed by atoms with Gasteiger partial charge >= 0.3 is 0 Å². The number of likely N-dealkylation sites (tertiary alicyclic amines) is 1. The number of nitrogens with zero attached hydrogens (tertiary/aromatic N) is 1. The third kappa shape index (κ3) is 4.23. The molecular weight excluding hydrogens is 326 g/mol. The molecule has 1 heterocycles. The molecule has 1 aromatic carbocycles. The minimum absolute atomic E-state index is 0.117. The molecule has 0 bridgehead atoms. The zero-order valence-electron chi connectivity index (χ0n) is 10.9. The Bertz CT molecular complexity index is 467. The third-order valence-corrected chi connectivity index (χ3v) is 4.89. The number of hydrogen-bond acceptors (Lipinski definition) is 3. The molecule has 1 N–H and O–H groups in total. The van der Waals surface area contributed by atoms with E-state index in [1.165, 1.54) is 5.56 Å². The second kappa shape index (κ2) is 6.77. The van der Waals surface area contributed by atoms with Crippen molar-refractivity contribution in [1.29, 1.82) is 0 Å². The van der Waals surface area contributed by atoms with Crippen LogP contribution in [0.1, 0.15) is 18.4 Å². The maximum absolute atomic E-state index is 12.1. The Kier molecular flexibility index (Phi) is 5.30. The Balaban J connectivity index is 1.89. The summed E-state index contributed by atoms with van der Waals surface area (Å²) in [5, 5.41) is 9.58. The zero-order valence-corrected chi connectivity index (χ0v) is 13.3. The van der Waals surface area contributed by atoms with Gasteiger partial charge in [0.15, 0.2) is 0 Å². The maximum Gasteiger partial charge on any atom is 0.233 e. The van der Waals surface area contributed by atoms with E-state index >= 15 is 0 Å². The van der Waals surface area contributed by atoms with Gasteiger partial charge in [0.25, 0.3) is 0 Å². The molecule has 0 aliphatic carbocycles. The molecule has 1 fully saturated rings. The summed E-state index contributed by atoms with van der Waals surface area (Å²) in [5.74, 6) is 0.556. The zero-order chi connectivity index (χ0) is 13.8. The summed E-state index contributed by atoms with van der Waals surface area (Å²) >= 11 is 5.00. The average Bonchev–Trinajstić information content (AvgIpc) is 2.37. The average molecular weight is 344 g/mol. The molecule has 0 saturated carbocycles. The minimum Gasteiger partial charge on any atom is -0.391 e. The van der Waals surface area contributed by atoms with E-state index in [1.54, 1.807) is 16.7 Å². The lowest BCUT2D eigenvalue weighted by Gasteiger charge is -2.30. The fourth-order valence-corrected chi connectivity index (χ4v) is 3.57. The molecule has 2 rings (SSSR count). The Labute approximate surface area is 126 Å². The summed E-state index contributed by atoms with van der Waals surface area (Å²) in [6.07, 6.45) is 1.36. The standard InChI is InChI=1S/C14H18BrNO2S/c1-10-7-11(15)4-5-13(10)19-9-14(18)16-6-2-3-12(17)8-16/h4-5,7,12,17H,2-3,6,8-9H2,1H3/t12-/m0/s1. The number of aryl methyl sites for hydroxylation is 1. The molecule has 0 aromatic heterocycles. The van der Waals surface area contributed by atoms with Crippen molar-refractivity contribution in [3.63, 3.8) is 0 Å². The quantitative estimate of drug-likeness (QED) is 0.858. The molecular formula is C14H18BrNO2S. The first kappa shape index (κ1) is 14.9. The second-order valence-electron chi connectivity index (χ2n) is 4.83. The van der Waals surface area contributed by atoms with Gasteiger partial charge in [0.2, 0.25) is 5.91 Å². The first-order valence-electron chi connectivity index (χ1n) is 6.41. The minimum atomic E-state index is -0.350. The monoisotopic (exact) mass is 343 g/mol. The van der Waals surface area contributed by atoms with Crippen LogP contribution >= 0.6 is 27.7 Å². The van der Waals surface area contributed by atoms with Gasteiger partial charge in [0.05, 0.1) is 11.9 Å². The van der Waals surface area contributed by atoms with Crippen LogP contribution in [0.4, 0.5) is 0 Å². The molecule has 0 radical (unpaired) electrons. The van der Waals surface area contributed by atoms with Crippen molar-refractivity contribution in [3.8, 4) is 0 Å². The van der Waals surface area contributed by atoms with E-state index in [-0.39, 0.29) is 12.0 Å². The Hall–Kier alpha value is -0.520. The van der Waals surface area contributed by atoms with Crippen molar-refractivity contribution in [2.45, 2.75) is 30.8 Å². The van der Waals surface area contributed by atoms with Crippen molar-refractivity contribution < 1.29 is 9.90 Å². The number of aliphatic hydroxyl groups excluding tert-OH is 1. The molecule has 1 aromatic rings. The first-order chi connectivity index (χ1) is 9.06. The van der Waals surface area contributed by atoms with Gasteiger partial charge in [-0.25, -0.2) is 0 Å². The number of thioether (sulfide) groups is 1. The number of carbonyl (C=O) groups is 1. The first-order valence-corrected chi connectivity index (χ1v) is 8.19. The number of β-amino-alcohol motifs (C(OH)–C–C–N with tert-alkyl or cyclic N) is 1. The smallest absolute Gasteiger partial charge is 0.233 e. The van der Waals surface area contributed by atoms with Crippen molar-refractivity contribution >= 4 is 33.6 Å². The van der Waals surface area contributed by atoms with Gasteiger partial charge < -0.3 is 10.0 Å². The molecule has 0 spiro atoms. The predicted molar refractivity (Wildman–Crippen MR) is 81.4 cm³/mol. The summed E-state index contributed by atoms with van der Waals surface area (Å²) < 4.78 is 1.06. The van der Waals surface area contributed by atoms with Gasteiger partial charge in [0, 0.05) is 22.5 Å². The number of benzene rings is 1. The van der Waals surface area contributed by atoms with Gasteiger partial charge in [-0.3, -0.25) is 4.79 Å². The number of halogens is 1. The summed E-state index contributed by atoms with van der Waals surface area (Å²) in [7, 11) is 0. The topological polar surface area (TPSA) is 40.5 Å². The van der Waals surface area contributed by atoms with E-state index in [2.05, 4.69) is 22.0 Å². The third-order valence-electron chi connectivity index (χ3n) is 3.24. The van der Waals surface area contributed by atoms with E-state index in [0.717, 1.165) is 28.8 Å². The predicted octanol–water partition coefficient (Wildman–Crippen LogP) is 2.83. The molecule has 5 heteroatoms. The molecule has 0 unspecified atom stereocenters. The van der Waals surface area contributed by atoms with Crippen LogP contribution in [0.2, 0.25) is 0 Å². The number of piperidine rings is 1. The molecule has 1 amide bonds. The van der Waals surface area contributed by atoms with Crippen LogP contribution in [0, 0.1) is 6.92 Å². The highest BCUT2D eigenvalue weighted by Crippen LogP contribution is 2.25. The van der Waals surface area contributed by atoms with Crippen LogP contribution in [-0.4, -0.2) is 40.9 Å². The number of aliphatic hydroxyl groups is 1. The largest absolute Gasteiger partial charge is 0.391 e. The Morgan fingerprint density at radius 3 is 3.05 bits per heavy atom. The summed E-state index contributed by atoms with van der Waals surface area (Å²) in [4.78, 5) is 15.0. The highest BCUT2D eigenvalue weighted by molar-refractivity contribution is 9.10. The summed E-state index contributed by atoms with van der Waals surface area (Å²) in [5.41, 5.74) is 1.17. The fourth-order valence-electron chi connectivity index (χ4n) is 2.19. The van der Waals surface area contributed by atoms with Gasteiger partial charge in [-0.1, -0.05) is 15.9 Å². The van der Waals surface area contributed by atoms with Crippen molar-refractivity contribution in [2.24, 2.45) is 0 Å². The lowest BCUT2D eigenvalue weighted by atomic mass is 10.1. The molecule has 1 aliphatic heterocycles. The van der Waals surface area contributed by atoms with E-state index < -0.39 is 0 Å².